The van der Waals surface area contributed by atoms with Gasteiger partial charge in [-0.25, -0.2) is 0 Å². The van der Waals surface area contributed by atoms with Crippen molar-refractivity contribution in [1.29, 1.82) is 0 Å². The summed E-state index contributed by atoms with van der Waals surface area (Å²) in [6.07, 6.45) is 2.28. The van der Waals surface area contributed by atoms with Crippen LogP contribution in [0.5, 0.6) is 11.5 Å². The standard InChI is InChI=1S/C14H20N2O3/c1-16(9-10-3-2-6-15-8-10)14(19)11-4-5-12(17)13(18)7-11/h4-5,7,10,15,17-18H,2-3,6,8-9H2,1H3. The minimum Gasteiger partial charge on any atom is -0.504 e. The zero-order chi connectivity index (χ0) is 13.8. The minimum absolute atomic E-state index is 0.138. The highest BCUT2D eigenvalue weighted by Gasteiger charge is 2.19. The molecule has 19 heavy (non-hydrogen) atoms. The number of aromatic hydroxyl groups is 2. The van der Waals surface area contributed by atoms with Crippen LogP contribution in [0.25, 0.3) is 0 Å². The Morgan fingerprint density at radius 1 is 1.42 bits per heavy atom. The highest BCUT2D eigenvalue weighted by atomic mass is 16.3. The van der Waals surface area contributed by atoms with Gasteiger partial charge in [0.2, 0.25) is 0 Å². The van der Waals surface area contributed by atoms with Crippen molar-refractivity contribution in [3.63, 3.8) is 0 Å². The fourth-order valence-electron chi connectivity index (χ4n) is 2.43. The lowest BCUT2D eigenvalue weighted by Gasteiger charge is -2.27. The quantitative estimate of drug-likeness (QED) is 0.717. The van der Waals surface area contributed by atoms with Crippen LogP contribution in [0.1, 0.15) is 23.2 Å². The lowest BCUT2D eigenvalue weighted by atomic mass is 9.99. The maximum absolute atomic E-state index is 12.2. The predicted octanol–water partition coefficient (Wildman–Crippen LogP) is 1.17. The molecule has 0 aliphatic carbocycles. The summed E-state index contributed by atoms with van der Waals surface area (Å²) in [5.74, 6) is -0.136. The molecule has 1 aromatic rings. The van der Waals surface area contributed by atoms with Crippen LogP contribution in [0.4, 0.5) is 0 Å². The van der Waals surface area contributed by atoms with Crippen LogP contribution in [-0.4, -0.2) is 47.7 Å². The molecule has 0 aromatic heterocycles. The number of hydrogen-bond acceptors (Lipinski definition) is 4. The van der Waals surface area contributed by atoms with E-state index in [1.165, 1.54) is 18.2 Å². The fraction of sp³-hybridized carbons (Fsp3) is 0.500. The van der Waals surface area contributed by atoms with Crippen molar-refractivity contribution < 1.29 is 15.0 Å². The molecule has 0 bridgehead atoms. The number of phenols is 2. The van der Waals surface area contributed by atoms with E-state index >= 15 is 0 Å². The van der Waals surface area contributed by atoms with E-state index in [-0.39, 0.29) is 17.4 Å². The zero-order valence-corrected chi connectivity index (χ0v) is 11.1. The van der Waals surface area contributed by atoms with Crippen LogP contribution in [0.2, 0.25) is 0 Å². The van der Waals surface area contributed by atoms with Crippen molar-refractivity contribution in [1.82, 2.24) is 10.2 Å². The Morgan fingerprint density at radius 3 is 2.84 bits per heavy atom. The van der Waals surface area contributed by atoms with Crippen molar-refractivity contribution in [2.24, 2.45) is 5.92 Å². The summed E-state index contributed by atoms with van der Waals surface area (Å²) in [6.45, 7) is 2.70. The van der Waals surface area contributed by atoms with Gasteiger partial charge >= 0.3 is 0 Å². The molecule has 5 heteroatoms. The Labute approximate surface area is 112 Å². The molecule has 1 aliphatic heterocycles. The second-order valence-corrected chi connectivity index (χ2v) is 5.10. The molecule has 1 unspecified atom stereocenters. The van der Waals surface area contributed by atoms with E-state index in [0.717, 1.165) is 25.9 Å². The molecule has 0 spiro atoms. The number of nitrogens with zero attached hydrogens (tertiary/aromatic N) is 1. The van der Waals surface area contributed by atoms with E-state index in [1.807, 2.05) is 0 Å². The van der Waals surface area contributed by atoms with E-state index in [2.05, 4.69) is 5.32 Å². The first-order valence-electron chi connectivity index (χ1n) is 6.56. The van der Waals surface area contributed by atoms with E-state index in [0.29, 0.717) is 18.0 Å². The van der Waals surface area contributed by atoms with E-state index in [4.69, 9.17) is 0 Å². The van der Waals surface area contributed by atoms with Gasteiger partial charge < -0.3 is 20.4 Å². The molecule has 1 atom stereocenters. The third-order valence-electron chi connectivity index (χ3n) is 3.50. The molecule has 1 saturated heterocycles. The van der Waals surface area contributed by atoms with Crippen LogP contribution in [0.3, 0.4) is 0 Å². The van der Waals surface area contributed by atoms with E-state index < -0.39 is 0 Å². The first-order valence-corrected chi connectivity index (χ1v) is 6.56. The monoisotopic (exact) mass is 264 g/mol. The topological polar surface area (TPSA) is 72.8 Å². The Hall–Kier alpha value is -1.75. The Morgan fingerprint density at radius 2 is 2.21 bits per heavy atom. The molecule has 1 heterocycles. The Balaban J connectivity index is 1.99. The van der Waals surface area contributed by atoms with Crippen molar-refractivity contribution >= 4 is 5.91 Å². The normalized spacial score (nSPS) is 19.1. The number of piperidine rings is 1. The summed E-state index contributed by atoms with van der Waals surface area (Å²) in [5.41, 5.74) is 0.390. The summed E-state index contributed by atoms with van der Waals surface area (Å²) >= 11 is 0. The van der Waals surface area contributed by atoms with Crippen molar-refractivity contribution in [3.05, 3.63) is 23.8 Å². The van der Waals surface area contributed by atoms with Crippen LogP contribution in [-0.2, 0) is 0 Å². The average molecular weight is 264 g/mol. The average Bonchev–Trinajstić information content (AvgIpc) is 2.42. The van der Waals surface area contributed by atoms with Gasteiger partial charge in [-0.15, -0.1) is 0 Å². The number of benzene rings is 1. The molecule has 2 rings (SSSR count). The van der Waals surface area contributed by atoms with Crippen LogP contribution in [0, 0.1) is 5.92 Å². The fourth-order valence-corrected chi connectivity index (χ4v) is 2.43. The zero-order valence-electron chi connectivity index (χ0n) is 11.1. The molecular weight excluding hydrogens is 244 g/mol. The maximum atomic E-state index is 12.2. The summed E-state index contributed by atoms with van der Waals surface area (Å²) in [4.78, 5) is 13.9. The van der Waals surface area contributed by atoms with Gasteiger partial charge in [0.25, 0.3) is 5.91 Å². The third-order valence-corrected chi connectivity index (χ3v) is 3.50. The van der Waals surface area contributed by atoms with Crippen molar-refractivity contribution in [2.75, 3.05) is 26.7 Å². The van der Waals surface area contributed by atoms with Crippen LogP contribution < -0.4 is 5.32 Å². The molecule has 1 aliphatic rings. The number of hydrogen-bond donors (Lipinski definition) is 3. The summed E-state index contributed by atoms with van der Waals surface area (Å²) in [6, 6.07) is 4.15. The molecule has 1 amide bonds. The molecule has 0 saturated carbocycles. The number of carbonyl (C=O) groups excluding carboxylic acids is 1. The highest BCUT2D eigenvalue weighted by molar-refractivity contribution is 5.94. The van der Waals surface area contributed by atoms with Crippen LogP contribution >= 0.6 is 0 Å². The SMILES string of the molecule is CN(CC1CCCNC1)C(=O)c1ccc(O)c(O)c1. The smallest absolute Gasteiger partial charge is 0.253 e. The number of amides is 1. The predicted molar refractivity (Wildman–Crippen MR) is 72.3 cm³/mol. The van der Waals surface area contributed by atoms with Gasteiger partial charge in [0.1, 0.15) is 0 Å². The molecule has 3 N–H and O–H groups in total. The summed E-state index contributed by atoms with van der Waals surface area (Å²) in [5, 5.41) is 22.0. The number of nitrogens with one attached hydrogen (secondary N) is 1. The van der Waals surface area contributed by atoms with Gasteiger partial charge in [-0.2, -0.15) is 0 Å². The molecule has 5 nitrogen and oxygen atoms in total. The number of phenolic OH excluding ortho intramolecular Hbond substituents is 2. The summed E-state index contributed by atoms with van der Waals surface area (Å²) in [7, 11) is 1.76. The molecule has 1 fully saturated rings. The van der Waals surface area contributed by atoms with Crippen molar-refractivity contribution in [2.45, 2.75) is 12.8 Å². The molecule has 104 valence electrons. The van der Waals surface area contributed by atoms with Gasteiger partial charge in [0.15, 0.2) is 11.5 Å². The van der Waals surface area contributed by atoms with Crippen LogP contribution in [0.15, 0.2) is 18.2 Å². The third kappa shape index (κ3) is 3.38. The highest BCUT2D eigenvalue weighted by Crippen LogP contribution is 2.25. The Bertz CT molecular complexity index is 456. The largest absolute Gasteiger partial charge is 0.504 e. The summed E-state index contributed by atoms with van der Waals surface area (Å²) < 4.78 is 0. The minimum atomic E-state index is -0.265. The van der Waals surface area contributed by atoms with E-state index in [9.17, 15) is 15.0 Å². The lowest BCUT2D eigenvalue weighted by molar-refractivity contribution is 0.0764. The molecular formula is C14H20N2O3. The van der Waals surface area contributed by atoms with Gasteiger partial charge in [0.05, 0.1) is 0 Å². The molecule has 0 radical (unpaired) electrons. The second-order valence-electron chi connectivity index (χ2n) is 5.10. The van der Waals surface area contributed by atoms with Gasteiger partial charge in [-0.1, -0.05) is 0 Å². The maximum Gasteiger partial charge on any atom is 0.253 e. The van der Waals surface area contributed by atoms with Gasteiger partial charge in [0, 0.05) is 19.2 Å². The van der Waals surface area contributed by atoms with Gasteiger partial charge in [-0.3, -0.25) is 4.79 Å². The molecule has 1 aromatic carbocycles. The first kappa shape index (κ1) is 13.7. The second kappa shape index (κ2) is 5.93. The lowest BCUT2D eigenvalue weighted by Crippen LogP contribution is -2.39. The van der Waals surface area contributed by atoms with E-state index in [1.54, 1.807) is 11.9 Å². The van der Waals surface area contributed by atoms with Gasteiger partial charge in [-0.05, 0) is 50.0 Å². The van der Waals surface area contributed by atoms with Crippen molar-refractivity contribution in [3.8, 4) is 11.5 Å². The number of carbonyl (C=O) groups is 1. The number of rotatable bonds is 3. The first-order chi connectivity index (χ1) is 9.08. The Kier molecular flexibility index (Phi) is 4.27.